The second kappa shape index (κ2) is 7.89. The number of allylic oxidation sites excluding steroid dienone is 2. The second-order valence-electron chi connectivity index (χ2n) is 8.47. The van der Waals surface area contributed by atoms with Gasteiger partial charge in [-0.25, -0.2) is 0 Å². The molecular weight excluding hydrogens is 304 g/mol. The van der Waals surface area contributed by atoms with Crippen molar-refractivity contribution < 1.29 is 4.79 Å². The molecule has 136 valence electrons. The predicted molar refractivity (Wildman–Crippen MR) is 106 cm³/mol. The molecule has 0 saturated heterocycles. The fourth-order valence-corrected chi connectivity index (χ4v) is 5.05. The van der Waals surface area contributed by atoms with Gasteiger partial charge < -0.3 is 0 Å². The molecule has 3 rings (SSSR count). The molecule has 0 fully saturated rings. The average molecular weight is 339 g/mol. The van der Waals surface area contributed by atoms with E-state index in [0.29, 0.717) is 17.6 Å². The Morgan fingerprint density at radius 1 is 1.16 bits per heavy atom. The number of fused-ring (bicyclic) bond motifs is 2. The lowest BCUT2D eigenvalue weighted by Gasteiger charge is -2.31. The molecule has 2 aliphatic carbocycles. The number of carbonyl (C=O) groups excluding carboxylic acids is 1. The molecular formula is C24H34O. The van der Waals surface area contributed by atoms with Gasteiger partial charge in [0.05, 0.1) is 0 Å². The highest BCUT2D eigenvalue weighted by Crippen LogP contribution is 2.48. The van der Waals surface area contributed by atoms with Gasteiger partial charge in [-0.15, -0.1) is 0 Å². The van der Waals surface area contributed by atoms with Crippen molar-refractivity contribution in [2.24, 2.45) is 11.8 Å². The summed E-state index contributed by atoms with van der Waals surface area (Å²) in [6, 6.07) is 6.68. The molecule has 1 aromatic rings. The Hall–Kier alpha value is -1.37. The fraction of sp³-hybridized carbons (Fsp3) is 0.625. The van der Waals surface area contributed by atoms with Crippen molar-refractivity contribution in [2.45, 2.75) is 85.0 Å². The highest BCUT2D eigenvalue weighted by molar-refractivity contribution is 5.99. The molecule has 0 amide bonds. The van der Waals surface area contributed by atoms with E-state index in [0.717, 1.165) is 25.2 Å². The van der Waals surface area contributed by atoms with E-state index in [1.165, 1.54) is 59.9 Å². The van der Waals surface area contributed by atoms with Gasteiger partial charge in [0.2, 0.25) is 0 Å². The smallest absolute Gasteiger partial charge is 0.159 e. The zero-order valence-electron chi connectivity index (χ0n) is 16.5. The lowest BCUT2D eigenvalue weighted by Crippen LogP contribution is -2.19. The van der Waals surface area contributed by atoms with Gasteiger partial charge in [0.1, 0.15) is 0 Å². The average Bonchev–Trinajstić information content (AvgIpc) is 2.90. The molecule has 0 bridgehead atoms. The Bertz CT molecular complexity index is 667. The van der Waals surface area contributed by atoms with E-state index in [1.54, 1.807) is 0 Å². The van der Waals surface area contributed by atoms with Gasteiger partial charge in [-0.05, 0) is 60.3 Å². The van der Waals surface area contributed by atoms with Crippen molar-refractivity contribution >= 4 is 5.78 Å². The van der Waals surface area contributed by atoms with Crippen LogP contribution in [-0.4, -0.2) is 5.78 Å². The molecule has 0 spiro atoms. The highest BCUT2D eigenvalue weighted by Gasteiger charge is 2.39. The molecule has 1 aromatic carbocycles. The molecule has 0 saturated carbocycles. The summed E-state index contributed by atoms with van der Waals surface area (Å²) in [6.07, 6.45) is 9.29. The standard InChI is InChI=1S/C24H34O/c1-5-6-7-9-16(2)12-13-21-23(25)15-19-14-22-17(3)10-8-11-20(22)18(4)24(19)21/h8,10-11,16,18-19H,5-7,9,12-15H2,1-4H3/t16-,18+,19-/m0/s1. The Kier molecular flexibility index (Phi) is 5.81. The summed E-state index contributed by atoms with van der Waals surface area (Å²) in [4.78, 5) is 12.7. The maximum atomic E-state index is 12.7. The topological polar surface area (TPSA) is 17.1 Å². The first kappa shape index (κ1) is 18.4. The Labute approximate surface area is 153 Å². The minimum absolute atomic E-state index is 0.422. The van der Waals surface area contributed by atoms with Crippen molar-refractivity contribution in [1.82, 2.24) is 0 Å². The second-order valence-corrected chi connectivity index (χ2v) is 8.47. The minimum Gasteiger partial charge on any atom is -0.295 e. The number of benzene rings is 1. The third-order valence-electron chi connectivity index (χ3n) is 6.57. The van der Waals surface area contributed by atoms with Gasteiger partial charge in [0.15, 0.2) is 5.78 Å². The molecule has 0 aliphatic heterocycles. The number of carbonyl (C=O) groups is 1. The first-order valence-corrected chi connectivity index (χ1v) is 10.4. The van der Waals surface area contributed by atoms with Gasteiger partial charge >= 0.3 is 0 Å². The third kappa shape index (κ3) is 3.76. The summed E-state index contributed by atoms with van der Waals surface area (Å²) in [6.45, 7) is 9.16. The van der Waals surface area contributed by atoms with E-state index in [4.69, 9.17) is 0 Å². The van der Waals surface area contributed by atoms with Crippen molar-refractivity contribution in [3.05, 3.63) is 46.0 Å². The lowest BCUT2D eigenvalue weighted by atomic mass is 9.73. The predicted octanol–water partition coefficient (Wildman–Crippen LogP) is 6.54. The normalized spacial score (nSPS) is 23.6. The van der Waals surface area contributed by atoms with Gasteiger partial charge in [-0.1, -0.05) is 70.2 Å². The Morgan fingerprint density at radius 3 is 2.72 bits per heavy atom. The molecule has 2 aliphatic rings. The van der Waals surface area contributed by atoms with Gasteiger partial charge in [0, 0.05) is 12.3 Å². The van der Waals surface area contributed by atoms with Crippen molar-refractivity contribution in [3.8, 4) is 0 Å². The highest BCUT2D eigenvalue weighted by atomic mass is 16.1. The van der Waals surface area contributed by atoms with Gasteiger partial charge in [0.25, 0.3) is 0 Å². The van der Waals surface area contributed by atoms with Crippen LogP contribution in [0.4, 0.5) is 0 Å². The van der Waals surface area contributed by atoms with Gasteiger partial charge in [-0.2, -0.15) is 0 Å². The van der Waals surface area contributed by atoms with E-state index in [9.17, 15) is 4.79 Å². The zero-order chi connectivity index (χ0) is 18.0. The summed E-state index contributed by atoms with van der Waals surface area (Å²) >= 11 is 0. The minimum atomic E-state index is 0.422. The van der Waals surface area contributed by atoms with Crippen LogP contribution in [-0.2, 0) is 11.2 Å². The molecule has 0 aromatic heterocycles. The molecule has 1 heteroatoms. The molecule has 1 nitrogen and oxygen atoms in total. The van der Waals surface area contributed by atoms with Crippen LogP contribution in [0.5, 0.6) is 0 Å². The van der Waals surface area contributed by atoms with Crippen LogP contribution in [0.2, 0.25) is 0 Å². The zero-order valence-corrected chi connectivity index (χ0v) is 16.5. The first-order valence-electron chi connectivity index (χ1n) is 10.4. The number of ketones is 1. The van der Waals surface area contributed by atoms with Crippen LogP contribution in [0.15, 0.2) is 29.3 Å². The van der Waals surface area contributed by atoms with Crippen molar-refractivity contribution in [1.29, 1.82) is 0 Å². The summed E-state index contributed by atoms with van der Waals surface area (Å²) in [5.41, 5.74) is 7.06. The number of Topliss-reactive ketones (excluding diaryl/α,β-unsaturated/α-hetero) is 1. The fourth-order valence-electron chi connectivity index (χ4n) is 5.05. The molecule has 0 radical (unpaired) electrons. The van der Waals surface area contributed by atoms with Crippen molar-refractivity contribution in [3.63, 3.8) is 0 Å². The van der Waals surface area contributed by atoms with Crippen LogP contribution in [0, 0.1) is 18.8 Å². The molecule has 0 unspecified atom stereocenters. The summed E-state index contributed by atoms with van der Waals surface area (Å²) in [5.74, 6) is 2.07. The SMILES string of the molecule is CCCCC[C@H](C)CCC1=C2[C@H](CC1=O)Cc1c(C)cccc1[C@H]2C. The number of hydrogen-bond donors (Lipinski definition) is 0. The van der Waals surface area contributed by atoms with Crippen LogP contribution in [0.25, 0.3) is 0 Å². The van der Waals surface area contributed by atoms with E-state index >= 15 is 0 Å². The quantitative estimate of drug-likeness (QED) is 0.516. The number of unbranched alkanes of at least 4 members (excludes halogenated alkanes) is 2. The monoisotopic (exact) mass is 338 g/mol. The maximum Gasteiger partial charge on any atom is 0.159 e. The maximum absolute atomic E-state index is 12.7. The number of aryl methyl sites for hydroxylation is 1. The largest absolute Gasteiger partial charge is 0.295 e. The van der Waals surface area contributed by atoms with E-state index in [1.807, 2.05) is 0 Å². The van der Waals surface area contributed by atoms with Crippen LogP contribution in [0.3, 0.4) is 0 Å². The lowest BCUT2D eigenvalue weighted by molar-refractivity contribution is -0.115. The Balaban J connectivity index is 1.76. The van der Waals surface area contributed by atoms with E-state index in [-0.39, 0.29) is 0 Å². The van der Waals surface area contributed by atoms with E-state index in [2.05, 4.69) is 45.9 Å². The molecule has 0 heterocycles. The summed E-state index contributed by atoms with van der Waals surface area (Å²) in [7, 11) is 0. The first-order chi connectivity index (χ1) is 12.0. The molecule has 0 N–H and O–H groups in total. The van der Waals surface area contributed by atoms with E-state index < -0.39 is 0 Å². The molecule has 3 atom stereocenters. The third-order valence-corrected chi connectivity index (χ3v) is 6.57. The van der Waals surface area contributed by atoms with Crippen molar-refractivity contribution in [2.75, 3.05) is 0 Å². The van der Waals surface area contributed by atoms with Crippen LogP contribution >= 0.6 is 0 Å². The number of rotatable bonds is 7. The van der Waals surface area contributed by atoms with Crippen LogP contribution in [0.1, 0.15) is 88.3 Å². The summed E-state index contributed by atoms with van der Waals surface area (Å²) < 4.78 is 0. The van der Waals surface area contributed by atoms with Gasteiger partial charge in [-0.3, -0.25) is 4.79 Å². The molecule has 25 heavy (non-hydrogen) atoms. The summed E-state index contributed by atoms with van der Waals surface area (Å²) in [5, 5.41) is 0. The Morgan fingerprint density at radius 2 is 1.96 bits per heavy atom. The van der Waals surface area contributed by atoms with Crippen LogP contribution < -0.4 is 0 Å². The number of hydrogen-bond acceptors (Lipinski definition) is 1.